The maximum Gasteiger partial charge on any atom is 0.251 e. The third-order valence-corrected chi connectivity index (χ3v) is 2.74. The third kappa shape index (κ3) is 2.26. The Hall–Kier alpha value is -1.75. The molecule has 3 nitrogen and oxygen atoms in total. The lowest BCUT2D eigenvalue weighted by Gasteiger charge is -2.07. The zero-order valence-electron chi connectivity index (χ0n) is 9.43. The number of benzene rings is 1. The van der Waals surface area contributed by atoms with Gasteiger partial charge in [-0.05, 0) is 12.1 Å². The molecule has 18 heavy (non-hydrogen) atoms. The highest BCUT2D eigenvalue weighted by molar-refractivity contribution is 6.33. The molecule has 0 saturated heterocycles. The first-order valence-corrected chi connectivity index (χ1v) is 5.64. The standard InChI is InChI=1S/C12H9ClF2N2O/c1-2-9-16-8(5-10(18)17-9)11-6(13)3-4-7(14)12(11)15/h3-5H,2H2,1H3,(H,16,17,18). The van der Waals surface area contributed by atoms with E-state index < -0.39 is 17.2 Å². The lowest BCUT2D eigenvalue weighted by Crippen LogP contribution is -2.11. The van der Waals surface area contributed by atoms with Crippen LogP contribution in [0.3, 0.4) is 0 Å². The van der Waals surface area contributed by atoms with Gasteiger partial charge in [0.2, 0.25) is 0 Å². The van der Waals surface area contributed by atoms with Gasteiger partial charge in [-0.2, -0.15) is 0 Å². The molecule has 1 N–H and O–H groups in total. The molecular weight excluding hydrogens is 262 g/mol. The minimum Gasteiger partial charge on any atom is -0.311 e. The van der Waals surface area contributed by atoms with Crippen molar-refractivity contribution in [3.05, 3.63) is 51.0 Å². The van der Waals surface area contributed by atoms with Gasteiger partial charge in [-0.3, -0.25) is 4.79 Å². The smallest absolute Gasteiger partial charge is 0.251 e. The van der Waals surface area contributed by atoms with Crippen molar-refractivity contribution in [2.24, 2.45) is 0 Å². The number of aromatic amines is 1. The van der Waals surface area contributed by atoms with E-state index >= 15 is 0 Å². The number of rotatable bonds is 2. The molecule has 0 atom stereocenters. The highest BCUT2D eigenvalue weighted by Gasteiger charge is 2.16. The van der Waals surface area contributed by atoms with Crippen LogP contribution in [0.2, 0.25) is 5.02 Å². The number of hydrogen-bond donors (Lipinski definition) is 1. The van der Waals surface area contributed by atoms with E-state index in [1.807, 2.05) is 0 Å². The van der Waals surface area contributed by atoms with Gasteiger partial charge in [-0.15, -0.1) is 0 Å². The molecule has 6 heteroatoms. The van der Waals surface area contributed by atoms with Crippen molar-refractivity contribution >= 4 is 11.6 Å². The summed E-state index contributed by atoms with van der Waals surface area (Å²) in [4.78, 5) is 17.9. The van der Waals surface area contributed by atoms with Gasteiger partial charge in [-0.1, -0.05) is 18.5 Å². The Morgan fingerprint density at radius 2 is 2.11 bits per heavy atom. The Morgan fingerprint density at radius 1 is 1.39 bits per heavy atom. The van der Waals surface area contributed by atoms with Gasteiger partial charge in [0.1, 0.15) is 5.82 Å². The minimum atomic E-state index is -1.11. The average molecular weight is 271 g/mol. The Balaban J connectivity index is 2.73. The molecule has 94 valence electrons. The Morgan fingerprint density at radius 3 is 2.78 bits per heavy atom. The normalized spacial score (nSPS) is 10.7. The molecule has 1 aromatic carbocycles. The van der Waals surface area contributed by atoms with E-state index in [1.54, 1.807) is 6.92 Å². The van der Waals surface area contributed by atoms with Crippen LogP contribution in [0.4, 0.5) is 8.78 Å². The van der Waals surface area contributed by atoms with Crippen LogP contribution in [-0.4, -0.2) is 9.97 Å². The maximum atomic E-state index is 13.7. The molecule has 0 spiro atoms. The average Bonchev–Trinajstić information content (AvgIpc) is 2.34. The molecule has 2 aromatic rings. The molecule has 0 bridgehead atoms. The molecular formula is C12H9ClF2N2O. The summed E-state index contributed by atoms with van der Waals surface area (Å²) in [5.74, 6) is -1.76. The molecule has 2 rings (SSSR count). The van der Waals surface area contributed by atoms with E-state index in [-0.39, 0.29) is 16.3 Å². The van der Waals surface area contributed by atoms with Crippen LogP contribution in [-0.2, 0) is 6.42 Å². The summed E-state index contributed by atoms with van der Waals surface area (Å²) < 4.78 is 26.9. The molecule has 1 aromatic heterocycles. The third-order valence-electron chi connectivity index (χ3n) is 2.43. The fourth-order valence-electron chi connectivity index (χ4n) is 1.57. The van der Waals surface area contributed by atoms with Gasteiger partial charge in [0.15, 0.2) is 11.6 Å². The number of halogens is 3. The topological polar surface area (TPSA) is 45.8 Å². The summed E-state index contributed by atoms with van der Waals surface area (Å²) in [6, 6.07) is 3.24. The molecule has 0 unspecified atom stereocenters. The van der Waals surface area contributed by atoms with Crippen LogP contribution in [0.25, 0.3) is 11.3 Å². The van der Waals surface area contributed by atoms with Gasteiger partial charge < -0.3 is 4.98 Å². The van der Waals surface area contributed by atoms with Crippen molar-refractivity contribution in [1.82, 2.24) is 9.97 Å². The van der Waals surface area contributed by atoms with Crippen molar-refractivity contribution in [1.29, 1.82) is 0 Å². The van der Waals surface area contributed by atoms with Gasteiger partial charge in [0, 0.05) is 12.5 Å². The van der Waals surface area contributed by atoms with Crippen molar-refractivity contribution in [3.8, 4) is 11.3 Å². The number of nitrogens with one attached hydrogen (secondary N) is 1. The first kappa shape index (κ1) is 12.7. The molecule has 0 aliphatic heterocycles. The van der Waals surface area contributed by atoms with E-state index in [0.29, 0.717) is 12.2 Å². The van der Waals surface area contributed by atoms with Crippen molar-refractivity contribution in [3.63, 3.8) is 0 Å². The highest BCUT2D eigenvalue weighted by atomic mass is 35.5. The highest BCUT2D eigenvalue weighted by Crippen LogP contribution is 2.30. The SMILES string of the molecule is CCc1nc(-c2c(Cl)ccc(F)c2F)cc(=O)[nH]1. The Bertz CT molecular complexity index is 655. The van der Waals surface area contributed by atoms with E-state index in [2.05, 4.69) is 9.97 Å². The Kier molecular flexibility index (Phi) is 3.43. The number of aryl methyl sites for hydroxylation is 1. The van der Waals surface area contributed by atoms with Gasteiger partial charge in [0.05, 0.1) is 16.3 Å². The zero-order chi connectivity index (χ0) is 13.3. The largest absolute Gasteiger partial charge is 0.311 e. The van der Waals surface area contributed by atoms with Crippen LogP contribution in [0.5, 0.6) is 0 Å². The predicted octanol–water partition coefficient (Wildman–Crippen LogP) is 2.93. The van der Waals surface area contributed by atoms with E-state index in [0.717, 1.165) is 12.1 Å². The summed E-state index contributed by atoms with van der Waals surface area (Å²) in [6.45, 7) is 1.78. The molecule has 0 aliphatic carbocycles. The summed E-state index contributed by atoms with van der Waals surface area (Å²) in [7, 11) is 0. The molecule has 0 fully saturated rings. The molecule has 0 aliphatic rings. The minimum absolute atomic E-state index is 0.00838. The van der Waals surface area contributed by atoms with Crippen LogP contribution in [0, 0.1) is 11.6 Å². The van der Waals surface area contributed by atoms with Crippen LogP contribution in [0.15, 0.2) is 23.0 Å². The fraction of sp³-hybridized carbons (Fsp3) is 0.167. The maximum absolute atomic E-state index is 13.7. The van der Waals surface area contributed by atoms with Gasteiger partial charge >= 0.3 is 0 Å². The quantitative estimate of drug-likeness (QED) is 0.853. The second-order valence-electron chi connectivity index (χ2n) is 3.65. The second kappa shape index (κ2) is 4.86. The monoisotopic (exact) mass is 270 g/mol. The molecule has 0 amide bonds. The van der Waals surface area contributed by atoms with E-state index in [1.165, 1.54) is 6.07 Å². The zero-order valence-corrected chi connectivity index (χ0v) is 10.2. The first-order chi connectivity index (χ1) is 8.52. The second-order valence-corrected chi connectivity index (χ2v) is 4.06. The van der Waals surface area contributed by atoms with E-state index in [9.17, 15) is 13.6 Å². The van der Waals surface area contributed by atoms with Crippen molar-refractivity contribution < 1.29 is 8.78 Å². The molecule has 0 radical (unpaired) electrons. The number of H-pyrrole nitrogens is 1. The fourth-order valence-corrected chi connectivity index (χ4v) is 1.81. The lowest BCUT2D eigenvalue weighted by molar-refractivity contribution is 0.511. The van der Waals surface area contributed by atoms with Crippen LogP contribution >= 0.6 is 11.6 Å². The van der Waals surface area contributed by atoms with Crippen LogP contribution in [0.1, 0.15) is 12.7 Å². The Labute approximate surface area is 106 Å². The summed E-state index contributed by atoms with van der Waals surface area (Å²) >= 11 is 5.82. The van der Waals surface area contributed by atoms with Crippen LogP contribution < -0.4 is 5.56 Å². The molecule has 0 saturated carbocycles. The predicted molar refractivity (Wildman–Crippen MR) is 64.6 cm³/mol. The lowest BCUT2D eigenvalue weighted by atomic mass is 10.1. The van der Waals surface area contributed by atoms with Gasteiger partial charge in [0.25, 0.3) is 5.56 Å². The summed E-state index contributed by atoms with van der Waals surface area (Å²) in [5, 5.41) is 0.00838. The summed E-state index contributed by atoms with van der Waals surface area (Å²) in [5.41, 5.74) is -0.605. The first-order valence-electron chi connectivity index (χ1n) is 5.27. The van der Waals surface area contributed by atoms with Crippen molar-refractivity contribution in [2.45, 2.75) is 13.3 Å². The number of hydrogen-bond acceptors (Lipinski definition) is 2. The number of aromatic nitrogens is 2. The van der Waals surface area contributed by atoms with E-state index in [4.69, 9.17) is 11.6 Å². The number of nitrogens with zero attached hydrogens (tertiary/aromatic N) is 1. The van der Waals surface area contributed by atoms with Crippen molar-refractivity contribution in [2.75, 3.05) is 0 Å². The summed E-state index contributed by atoms with van der Waals surface area (Å²) in [6.07, 6.45) is 0.470. The molecule has 1 heterocycles. The van der Waals surface area contributed by atoms with Gasteiger partial charge in [-0.25, -0.2) is 13.8 Å².